The Morgan fingerprint density at radius 2 is 2.00 bits per heavy atom. The number of benzene rings is 1. The molecule has 1 aromatic carbocycles. The van der Waals surface area contributed by atoms with Crippen molar-refractivity contribution in [2.75, 3.05) is 5.75 Å². The number of hydrogen-bond donors (Lipinski definition) is 2. The van der Waals surface area contributed by atoms with Crippen molar-refractivity contribution in [3.8, 4) is 11.1 Å². The van der Waals surface area contributed by atoms with Crippen LogP contribution in [-0.4, -0.2) is 34.4 Å². The van der Waals surface area contributed by atoms with E-state index in [0.717, 1.165) is 36.8 Å². The lowest BCUT2D eigenvalue weighted by Gasteiger charge is -2.12. The van der Waals surface area contributed by atoms with Crippen molar-refractivity contribution in [3.63, 3.8) is 0 Å². The van der Waals surface area contributed by atoms with Crippen LogP contribution in [-0.2, 0) is 16.4 Å². The minimum absolute atomic E-state index is 0.133. The molecule has 0 radical (unpaired) electrons. The molecule has 0 unspecified atom stereocenters. The van der Waals surface area contributed by atoms with Gasteiger partial charge in [0.1, 0.15) is 23.7 Å². The molecule has 2 aromatic heterocycles. The summed E-state index contributed by atoms with van der Waals surface area (Å²) in [5.41, 5.74) is 3.17. The van der Waals surface area contributed by atoms with E-state index in [1.54, 1.807) is 13.0 Å². The van der Waals surface area contributed by atoms with Crippen molar-refractivity contribution >= 4 is 20.9 Å². The Morgan fingerprint density at radius 3 is 2.63 bits per heavy atom. The summed E-state index contributed by atoms with van der Waals surface area (Å²) >= 11 is 0. The van der Waals surface area contributed by atoms with Crippen LogP contribution in [0, 0.1) is 19.8 Å². The van der Waals surface area contributed by atoms with Gasteiger partial charge in [0, 0.05) is 5.56 Å². The predicted octanol–water partition coefficient (Wildman–Crippen LogP) is 3.29. The fourth-order valence-corrected chi connectivity index (χ4v) is 5.96. The van der Waals surface area contributed by atoms with E-state index < -0.39 is 9.84 Å². The molecule has 144 valence electrons. The second kappa shape index (κ2) is 6.76. The largest absolute Gasteiger partial charge is 0.388 e. The van der Waals surface area contributed by atoms with Crippen molar-refractivity contribution in [1.29, 1.82) is 0 Å². The van der Waals surface area contributed by atoms with Gasteiger partial charge in [0.15, 0.2) is 9.84 Å². The van der Waals surface area contributed by atoms with Crippen LogP contribution in [0.1, 0.15) is 43.0 Å². The van der Waals surface area contributed by atoms with Crippen LogP contribution in [0.25, 0.3) is 22.2 Å². The molecule has 8 heteroatoms. The summed E-state index contributed by atoms with van der Waals surface area (Å²) in [7, 11) is -3.52. The predicted molar refractivity (Wildman–Crippen MR) is 101 cm³/mol. The van der Waals surface area contributed by atoms with E-state index in [4.69, 9.17) is 4.52 Å². The summed E-state index contributed by atoms with van der Waals surface area (Å²) in [6.45, 7) is 3.35. The van der Waals surface area contributed by atoms with Crippen LogP contribution in [0.3, 0.4) is 0 Å². The first-order valence-electron chi connectivity index (χ1n) is 9.18. The van der Waals surface area contributed by atoms with Crippen LogP contribution in [0.2, 0.25) is 0 Å². The summed E-state index contributed by atoms with van der Waals surface area (Å²) in [6.07, 6.45) is 4.08. The van der Waals surface area contributed by atoms with E-state index in [1.165, 1.54) is 0 Å². The van der Waals surface area contributed by atoms with E-state index in [2.05, 4.69) is 15.1 Å². The van der Waals surface area contributed by atoms with E-state index in [-0.39, 0.29) is 23.2 Å². The maximum absolute atomic E-state index is 13.2. The second-order valence-corrected chi connectivity index (χ2v) is 9.35. The van der Waals surface area contributed by atoms with Gasteiger partial charge < -0.3 is 14.6 Å². The van der Waals surface area contributed by atoms with Crippen LogP contribution < -0.4 is 0 Å². The fourth-order valence-electron chi connectivity index (χ4n) is 4.07. The summed E-state index contributed by atoms with van der Waals surface area (Å²) in [5, 5.41) is 13.4. The summed E-state index contributed by atoms with van der Waals surface area (Å²) in [4.78, 5) is 7.54. The number of aromatic amines is 1. The zero-order valence-electron chi connectivity index (χ0n) is 15.4. The Balaban J connectivity index is 1.90. The van der Waals surface area contributed by atoms with Gasteiger partial charge in [-0.05, 0) is 50.3 Å². The normalized spacial score (nSPS) is 15.8. The Labute approximate surface area is 157 Å². The van der Waals surface area contributed by atoms with Crippen LogP contribution in [0.4, 0.5) is 0 Å². The maximum Gasteiger partial charge on any atom is 0.180 e. The van der Waals surface area contributed by atoms with Gasteiger partial charge in [-0.2, -0.15) is 0 Å². The molecule has 1 fully saturated rings. The highest BCUT2D eigenvalue weighted by Gasteiger charge is 2.28. The third kappa shape index (κ3) is 3.27. The number of nitrogens with zero attached hydrogens (tertiary/aromatic N) is 2. The molecule has 1 aliphatic rings. The third-order valence-electron chi connectivity index (χ3n) is 5.34. The molecular weight excluding hydrogens is 366 g/mol. The van der Waals surface area contributed by atoms with Gasteiger partial charge in [-0.1, -0.05) is 18.0 Å². The number of nitrogens with one attached hydrogen (secondary N) is 1. The van der Waals surface area contributed by atoms with Crippen LogP contribution in [0.5, 0.6) is 0 Å². The van der Waals surface area contributed by atoms with E-state index in [0.29, 0.717) is 28.3 Å². The van der Waals surface area contributed by atoms with Crippen molar-refractivity contribution in [3.05, 3.63) is 29.4 Å². The number of imidazole rings is 1. The lowest BCUT2D eigenvalue weighted by Crippen LogP contribution is -2.14. The Hall–Kier alpha value is -2.19. The molecule has 2 heterocycles. The lowest BCUT2D eigenvalue weighted by atomic mass is 10.0. The number of hydrogen-bond acceptors (Lipinski definition) is 6. The van der Waals surface area contributed by atoms with E-state index >= 15 is 0 Å². The van der Waals surface area contributed by atoms with Gasteiger partial charge in [0.2, 0.25) is 0 Å². The molecule has 0 spiro atoms. The smallest absolute Gasteiger partial charge is 0.180 e. The average molecular weight is 389 g/mol. The Bertz CT molecular complexity index is 1070. The number of fused-ring (bicyclic) bond motifs is 1. The van der Waals surface area contributed by atoms with E-state index in [1.807, 2.05) is 13.0 Å². The molecule has 3 aromatic rings. The van der Waals surface area contributed by atoms with Crippen molar-refractivity contribution < 1.29 is 18.0 Å². The van der Waals surface area contributed by atoms with Gasteiger partial charge >= 0.3 is 0 Å². The van der Waals surface area contributed by atoms with Gasteiger partial charge in [0.25, 0.3) is 0 Å². The molecule has 27 heavy (non-hydrogen) atoms. The first-order valence-corrected chi connectivity index (χ1v) is 10.8. The molecule has 4 rings (SSSR count). The fraction of sp³-hybridized carbons (Fsp3) is 0.474. The molecule has 0 bridgehead atoms. The van der Waals surface area contributed by atoms with Crippen molar-refractivity contribution in [2.24, 2.45) is 5.92 Å². The van der Waals surface area contributed by atoms with Crippen molar-refractivity contribution in [1.82, 2.24) is 15.1 Å². The number of aryl methyl sites for hydroxylation is 2. The van der Waals surface area contributed by atoms with E-state index in [9.17, 15) is 13.5 Å². The number of aliphatic hydroxyl groups is 1. The molecular formula is C19H23N3O4S. The first-order chi connectivity index (χ1) is 12.9. The molecule has 0 amide bonds. The molecule has 1 saturated carbocycles. The Kier molecular flexibility index (Phi) is 4.55. The number of rotatable bonds is 5. The zero-order valence-corrected chi connectivity index (χ0v) is 16.3. The van der Waals surface area contributed by atoms with Crippen LogP contribution >= 0.6 is 0 Å². The van der Waals surface area contributed by atoms with Crippen LogP contribution in [0.15, 0.2) is 21.6 Å². The molecule has 2 N–H and O–H groups in total. The number of H-pyrrole nitrogens is 1. The minimum atomic E-state index is -3.52. The number of sulfone groups is 1. The van der Waals surface area contributed by atoms with Gasteiger partial charge in [-0.15, -0.1) is 0 Å². The highest BCUT2D eigenvalue weighted by atomic mass is 32.2. The van der Waals surface area contributed by atoms with Gasteiger partial charge in [-0.3, -0.25) is 0 Å². The Morgan fingerprint density at radius 1 is 1.26 bits per heavy atom. The van der Waals surface area contributed by atoms with Crippen molar-refractivity contribution in [2.45, 2.75) is 51.0 Å². The maximum atomic E-state index is 13.2. The summed E-state index contributed by atoms with van der Waals surface area (Å²) in [5.74, 6) is 1.31. The number of aliphatic hydroxyl groups excluding tert-OH is 1. The molecule has 1 aliphatic carbocycles. The number of aromatic nitrogens is 3. The molecule has 0 atom stereocenters. The summed E-state index contributed by atoms with van der Waals surface area (Å²) in [6, 6.07) is 3.50. The van der Waals surface area contributed by atoms with Gasteiger partial charge in [0.05, 0.1) is 21.9 Å². The first kappa shape index (κ1) is 18.2. The molecule has 0 aliphatic heterocycles. The van der Waals surface area contributed by atoms with Gasteiger partial charge in [-0.25, -0.2) is 13.4 Å². The highest BCUT2D eigenvalue weighted by molar-refractivity contribution is 7.91. The molecule has 7 nitrogen and oxygen atoms in total. The monoisotopic (exact) mass is 389 g/mol. The quantitative estimate of drug-likeness (QED) is 0.693. The highest BCUT2D eigenvalue weighted by Crippen LogP contribution is 2.35. The topological polar surface area (TPSA) is 109 Å². The molecule has 0 saturated heterocycles. The lowest BCUT2D eigenvalue weighted by molar-refractivity contribution is 0.273. The standard InChI is InChI=1S/C19H23N3O4S/c1-11-18(12(2)26-22-11)14-7-15-19(21-17(9-23)20-15)16(8-14)27(24,25)10-13-5-3-4-6-13/h7-8,13,23H,3-6,9-10H2,1-2H3,(H,20,21). The minimum Gasteiger partial charge on any atom is -0.388 e. The summed E-state index contributed by atoms with van der Waals surface area (Å²) < 4.78 is 31.7. The average Bonchev–Trinajstić information content (AvgIpc) is 3.34. The SMILES string of the molecule is Cc1noc(C)c1-c1cc(S(=O)(=O)CC2CCCC2)c2nc(CO)[nH]c2c1. The third-order valence-corrected chi connectivity index (χ3v) is 7.23. The second-order valence-electron chi connectivity index (χ2n) is 7.34. The zero-order chi connectivity index (χ0) is 19.2.